The van der Waals surface area contributed by atoms with E-state index < -0.39 is 0 Å². The molecule has 2 amide bonds. The Balaban J connectivity index is 1.43. The van der Waals surface area contributed by atoms with Gasteiger partial charge < -0.3 is 19.9 Å². The van der Waals surface area contributed by atoms with Gasteiger partial charge in [0.15, 0.2) is 0 Å². The van der Waals surface area contributed by atoms with Gasteiger partial charge in [0, 0.05) is 54.6 Å². The fourth-order valence-corrected chi connectivity index (χ4v) is 4.79. The van der Waals surface area contributed by atoms with Crippen LogP contribution < -0.4 is 15.4 Å². The van der Waals surface area contributed by atoms with Crippen LogP contribution in [0.4, 0.5) is 10.5 Å². The lowest BCUT2D eigenvalue weighted by Crippen LogP contribution is -2.34. The third kappa shape index (κ3) is 5.31. The molecule has 8 nitrogen and oxygen atoms in total. The zero-order chi connectivity index (χ0) is 25.8. The predicted molar refractivity (Wildman–Crippen MR) is 145 cm³/mol. The highest BCUT2D eigenvalue weighted by Gasteiger charge is 2.28. The number of urea groups is 1. The van der Waals surface area contributed by atoms with Gasteiger partial charge in [-0.15, -0.1) is 0 Å². The summed E-state index contributed by atoms with van der Waals surface area (Å²) < 4.78 is 10.3. The zero-order valence-electron chi connectivity index (χ0n) is 21.3. The van der Waals surface area contributed by atoms with Crippen molar-refractivity contribution >= 4 is 22.6 Å². The van der Waals surface area contributed by atoms with E-state index in [1.165, 1.54) is 6.42 Å². The molecule has 0 bridgehead atoms. The fraction of sp³-hybridized carbons (Fsp3) is 0.345. The first-order valence-corrected chi connectivity index (χ1v) is 12.9. The lowest BCUT2D eigenvalue weighted by molar-refractivity contribution is 0.250. The summed E-state index contributed by atoms with van der Waals surface area (Å²) in [6.45, 7) is 5.24. The number of nitrogens with zero attached hydrogens (tertiary/aromatic N) is 4. The molecule has 37 heavy (non-hydrogen) atoms. The van der Waals surface area contributed by atoms with Crippen LogP contribution in [0, 0.1) is 11.3 Å². The van der Waals surface area contributed by atoms with Crippen molar-refractivity contribution < 1.29 is 9.53 Å². The van der Waals surface area contributed by atoms with Crippen molar-refractivity contribution in [2.75, 3.05) is 11.9 Å². The first kappa shape index (κ1) is 24.4. The number of aromatic nitrogens is 3. The Hall–Kier alpha value is -4.25. The zero-order valence-corrected chi connectivity index (χ0v) is 21.3. The molecule has 0 spiro atoms. The van der Waals surface area contributed by atoms with Crippen LogP contribution in [0.5, 0.6) is 5.75 Å². The van der Waals surface area contributed by atoms with Crippen LogP contribution in [0.25, 0.3) is 22.2 Å². The van der Waals surface area contributed by atoms with Crippen molar-refractivity contribution in [1.29, 1.82) is 5.26 Å². The number of nitrogens with one attached hydrogen (secondary N) is 2. The van der Waals surface area contributed by atoms with E-state index in [1.807, 2.05) is 67.2 Å². The molecule has 8 heteroatoms. The number of benzene rings is 2. The Morgan fingerprint density at radius 1 is 1.22 bits per heavy atom. The minimum Gasteiger partial charge on any atom is -0.493 e. The highest BCUT2D eigenvalue weighted by molar-refractivity contribution is 5.96. The second-order valence-electron chi connectivity index (χ2n) is 9.77. The molecular formula is C29H32N6O2. The number of carbonyl (C=O) groups excluding carboxylic acids is 1. The molecular weight excluding hydrogens is 464 g/mol. The number of carbonyl (C=O) groups is 1. The van der Waals surface area contributed by atoms with E-state index >= 15 is 0 Å². The number of hydrogen-bond donors (Lipinski definition) is 2. The van der Waals surface area contributed by atoms with Crippen molar-refractivity contribution in [3.8, 4) is 23.1 Å². The van der Waals surface area contributed by atoms with Gasteiger partial charge in [0.05, 0.1) is 23.4 Å². The Bertz CT molecular complexity index is 1410. The van der Waals surface area contributed by atoms with Gasteiger partial charge in [-0.25, -0.2) is 4.79 Å². The van der Waals surface area contributed by atoms with Crippen molar-refractivity contribution in [2.24, 2.45) is 0 Å². The van der Waals surface area contributed by atoms with E-state index in [0.29, 0.717) is 23.9 Å². The molecule has 5 rings (SSSR count). The number of nitriles is 1. The number of rotatable bonds is 9. The Kier molecular flexibility index (Phi) is 7.13. The largest absolute Gasteiger partial charge is 0.493 e. The van der Waals surface area contributed by atoms with E-state index in [2.05, 4.69) is 32.4 Å². The summed E-state index contributed by atoms with van der Waals surface area (Å²) in [6, 6.07) is 18.3. The number of amides is 2. The fourth-order valence-electron chi connectivity index (χ4n) is 4.79. The molecule has 1 fully saturated rings. The maximum Gasteiger partial charge on any atom is 0.319 e. The van der Waals surface area contributed by atoms with Gasteiger partial charge in [0.1, 0.15) is 11.8 Å². The molecule has 4 aromatic rings. The van der Waals surface area contributed by atoms with Crippen LogP contribution in [0.1, 0.15) is 51.1 Å². The Morgan fingerprint density at radius 3 is 2.68 bits per heavy atom. The molecule has 0 aliphatic heterocycles. The quantitative estimate of drug-likeness (QED) is 0.274. The van der Waals surface area contributed by atoms with E-state index in [9.17, 15) is 10.1 Å². The SMILES string of the molecule is CC(C)NC(=O)Nc1ccc(-c2c(C#N)c3ccc(OCCCn4cccn4)cc3n2C2CCC2)cc1. The number of ether oxygens (including phenoxy) is 1. The molecule has 1 saturated carbocycles. The van der Waals surface area contributed by atoms with Crippen molar-refractivity contribution in [2.45, 2.75) is 58.2 Å². The summed E-state index contributed by atoms with van der Waals surface area (Å²) in [6.07, 6.45) is 7.95. The Labute approximate surface area is 216 Å². The van der Waals surface area contributed by atoms with Crippen molar-refractivity contribution in [1.82, 2.24) is 19.7 Å². The average Bonchev–Trinajstić information content (AvgIpc) is 3.47. The molecule has 0 atom stereocenters. The molecule has 1 aliphatic carbocycles. The molecule has 2 N–H and O–H groups in total. The van der Waals surface area contributed by atoms with Gasteiger partial charge in [0.25, 0.3) is 0 Å². The topological polar surface area (TPSA) is 96.9 Å². The lowest BCUT2D eigenvalue weighted by atomic mass is 9.92. The molecule has 2 aromatic carbocycles. The maximum atomic E-state index is 12.1. The summed E-state index contributed by atoms with van der Waals surface area (Å²) in [5.74, 6) is 0.804. The molecule has 190 valence electrons. The van der Waals surface area contributed by atoms with Crippen LogP contribution in [0.15, 0.2) is 60.9 Å². The second-order valence-corrected chi connectivity index (χ2v) is 9.77. The highest BCUT2D eigenvalue weighted by Crippen LogP contribution is 2.43. The average molecular weight is 497 g/mol. The highest BCUT2D eigenvalue weighted by atomic mass is 16.5. The normalized spacial score (nSPS) is 13.4. The standard InChI is InChI=1S/C29H32N6O2/c1-20(2)32-29(36)33-22-10-8-21(9-11-22)28-26(19-30)25-13-12-24(18-27(25)35(28)23-6-3-7-23)37-17-5-16-34-15-4-14-31-34/h4,8-15,18,20,23H,3,5-7,16-17H2,1-2H3,(H2,32,33,36). The molecule has 0 saturated heterocycles. The lowest BCUT2D eigenvalue weighted by Gasteiger charge is -2.30. The smallest absolute Gasteiger partial charge is 0.319 e. The molecule has 0 unspecified atom stereocenters. The van der Waals surface area contributed by atoms with E-state index in [4.69, 9.17) is 4.74 Å². The van der Waals surface area contributed by atoms with Gasteiger partial charge in [0.2, 0.25) is 0 Å². The second kappa shape index (κ2) is 10.8. The Morgan fingerprint density at radius 2 is 2.03 bits per heavy atom. The van der Waals surface area contributed by atoms with E-state index in [-0.39, 0.29) is 12.1 Å². The van der Waals surface area contributed by atoms with Gasteiger partial charge in [-0.1, -0.05) is 12.1 Å². The van der Waals surface area contributed by atoms with Gasteiger partial charge in [-0.3, -0.25) is 4.68 Å². The molecule has 0 radical (unpaired) electrons. The van der Waals surface area contributed by atoms with Crippen LogP contribution in [-0.4, -0.2) is 33.0 Å². The summed E-state index contributed by atoms with van der Waals surface area (Å²) in [5, 5.41) is 21.0. The van der Waals surface area contributed by atoms with E-state index in [1.54, 1.807) is 6.20 Å². The molecule has 2 aromatic heterocycles. The predicted octanol–water partition coefficient (Wildman–Crippen LogP) is 6.10. The summed E-state index contributed by atoms with van der Waals surface area (Å²) in [5.41, 5.74) is 4.29. The first-order valence-electron chi connectivity index (χ1n) is 12.9. The first-order chi connectivity index (χ1) is 18.0. The van der Waals surface area contributed by atoms with Crippen LogP contribution >= 0.6 is 0 Å². The van der Waals surface area contributed by atoms with E-state index in [0.717, 1.165) is 53.7 Å². The van der Waals surface area contributed by atoms with Crippen LogP contribution in [0.2, 0.25) is 0 Å². The third-order valence-corrected chi connectivity index (χ3v) is 6.72. The number of aryl methyl sites for hydroxylation is 1. The summed E-state index contributed by atoms with van der Waals surface area (Å²) >= 11 is 0. The number of fused-ring (bicyclic) bond motifs is 1. The monoisotopic (exact) mass is 496 g/mol. The molecule has 2 heterocycles. The van der Waals surface area contributed by atoms with Crippen molar-refractivity contribution in [3.05, 3.63) is 66.5 Å². The van der Waals surface area contributed by atoms with Crippen molar-refractivity contribution in [3.63, 3.8) is 0 Å². The number of anilines is 1. The molecule has 1 aliphatic rings. The number of hydrogen-bond acceptors (Lipinski definition) is 4. The van der Waals surface area contributed by atoms with Gasteiger partial charge >= 0.3 is 6.03 Å². The van der Waals surface area contributed by atoms with Gasteiger partial charge in [-0.2, -0.15) is 10.4 Å². The van der Waals surface area contributed by atoms with Gasteiger partial charge in [-0.05, 0) is 69.0 Å². The maximum absolute atomic E-state index is 12.1. The minimum absolute atomic E-state index is 0.0564. The van der Waals surface area contributed by atoms with Crippen LogP contribution in [0.3, 0.4) is 0 Å². The summed E-state index contributed by atoms with van der Waals surface area (Å²) in [4.78, 5) is 12.1. The minimum atomic E-state index is -0.235. The van der Waals surface area contributed by atoms with Crippen LogP contribution in [-0.2, 0) is 6.54 Å². The summed E-state index contributed by atoms with van der Waals surface area (Å²) in [7, 11) is 0. The third-order valence-electron chi connectivity index (χ3n) is 6.72.